The number of nitrogens with one attached hydrogen (secondary N) is 1. The van der Waals surface area contributed by atoms with E-state index in [0.717, 1.165) is 12.6 Å². The number of rotatable bonds is 6. The average Bonchev–Trinajstić information content (AvgIpc) is 2.43. The monoisotopic (exact) mass is 281 g/mol. The number of carbonyl (C=O) groups is 2. The molecule has 0 aliphatic heterocycles. The predicted octanol–water partition coefficient (Wildman–Crippen LogP) is 0.101. The van der Waals surface area contributed by atoms with E-state index in [9.17, 15) is 14.7 Å². The Labute approximate surface area is 117 Å². The minimum Gasteiger partial charge on any atom is -0.479 e. The molecule has 0 radical (unpaired) electrons. The molecule has 0 fully saturated rings. The highest BCUT2D eigenvalue weighted by Gasteiger charge is 2.30. The van der Waals surface area contributed by atoms with E-state index in [-0.39, 0.29) is 6.54 Å². The molecule has 1 unspecified atom stereocenters. The fourth-order valence-corrected chi connectivity index (χ4v) is 1.39. The summed E-state index contributed by atoms with van der Waals surface area (Å²) in [6.07, 6.45) is 2.28. The van der Waals surface area contributed by atoms with Gasteiger partial charge >= 0.3 is 12.0 Å². The number of urea groups is 1. The molecule has 1 aromatic heterocycles. The predicted molar refractivity (Wildman–Crippen MR) is 72.2 cm³/mol. The first-order chi connectivity index (χ1) is 9.33. The third kappa shape index (κ3) is 4.85. The number of hydrogen-bond donors (Lipinski definition) is 3. The van der Waals surface area contributed by atoms with Gasteiger partial charge in [0.05, 0.1) is 6.54 Å². The number of carboxylic acid groups (broad SMARTS) is 1. The maximum absolute atomic E-state index is 11.7. The quantitative estimate of drug-likeness (QED) is 0.686. The van der Waals surface area contributed by atoms with Crippen LogP contribution in [0.5, 0.6) is 0 Å². The van der Waals surface area contributed by atoms with E-state index >= 15 is 0 Å². The zero-order valence-corrected chi connectivity index (χ0v) is 11.5. The molecule has 0 bridgehead atoms. The Balaban J connectivity index is 2.38. The highest BCUT2D eigenvalue weighted by Crippen LogP contribution is 2.02. The molecule has 2 amide bonds. The van der Waals surface area contributed by atoms with Crippen LogP contribution in [0, 0.1) is 0 Å². The molecular weight excluding hydrogens is 262 g/mol. The van der Waals surface area contributed by atoms with Gasteiger partial charge in [0.25, 0.3) is 0 Å². The van der Waals surface area contributed by atoms with Gasteiger partial charge in [0.1, 0.15) is 0 Å². The van der Waals surface area contributed by atoms with Crippen molar-refractivity contribution in [3.8, 4) is 0 Å². The maximum Gasteiger partial charge on any atom is 0.337 e. The average molecular weight is 281 g/mol. The molecular formula is C13H19N3O4. The molecule has 0 aliphatic carbocycles. The third-order valence-corrected chi connectivity index (χ3v) is 2.82. The number of likely N-dealkylation sites (N-methyl/N-ethyl adjacent to an activating group) is 1. The van der Waals surface area contributed by atoms with Crippen LogP contribution in [0.25, 0.3) is 0 Å². The summed E-state index contributed by atoms with van der Waals surface area (Å²) in [5.41, 5.74) is -1.11. The number of aromatic nitrogens is 1. The topological polar surface area (TPSA) is 103 Å². The van der Waals surface area contributed by atoms with Crippen molar-refractivity contribution in [3.63, 3.8) is 0 Å². The normalized spacial score (nSPS) is 13.3. The van der Waals surface area contributed by atoms with Crippen molar-refractivity contribution in [2.45, 2.75) is 18.9 Å². The second-order valence-electron chi connectivity index (χ2n) is 4.73. The second-order valence-corrected chi connectivity index (χ2v) is 4.73. The molecule has 1 atom stereocenters. The molecule has 7 heteroatoms. The van der Waals surface area contributed by atoms with Gasteiger partial charge in [-0.2, -0.15) is 0 Å². The van der Waals surface area contributed by atoms with Crippen LogP contribution in [0.2, 0.25) is 0 Å². The number of aliphatic carboxylic acids is 1. The van der Waals surface area contributed by atoms with Crippen LogP contribution in [-0.2, 0) is 11.2 Å². The fourth-order valence-electron chi connectivity index (χ4n) is 1.39. The summed E-state index contributed by atoms with van der Waals surface area (Å²) in [6.45, 7) is 1.22. The lowest BCUT2D eigenvalue weighted by Crippen LogP contribution is -2.49. The first-order valence-electron chi connectivity index (χ1n) is 6.17. The lowest BCUT2D eigenvalue weighted by Gasteiger charge is -2.22. The number of carboxylic acids is 1. The molecule has 0 spiro atoms. The van der Waals surface area contributed by atoms with Crippen LogP contribution in [-0.4, -0.2) is 57.8 Å². The van der Waals surface area contributed by atoms with Crippen LogP contribution in [0.3, 0.4) is 0 Å². The highest BCUT2D eigenvalue weighted by molar-refractivity contribution is 5.79. The van der Waals surface area contributed by atoms with E-state index in [1.165, 1.54) is 4.90 Å². The Kier molecular flexibility index (Phi) is 5.45. The largest absolute Gasteiger partial charge is 0.479 e. The molecule has 0 saturated carbocycles. The van der Waals surface area contributed by atoms with Crippen LogP contribution in [0.1, 0.15) is 12.6 Å². The van der Waals surface area contributed by atoms with Crippen molar-refractivity contribution >= 4 is 12.0 Å². The third-order valence-electron chi connectivity index (χ3n) is 2.82. The van der Waals surface area contributed by atoms with E-state index in [1.54, 1.807) is 13.2 Å². The Morgan fingerprint density at radius 2 is 2.15 bits per heavy atom. The summed E-state index contributed by atoms with van der Waals surface area (Å²) in [6, 6.07) is 5.10. The summed E-state index contributed by atoms with van der Waals surface area (Å²) in [7, 11) is 1.59. The number of amides is 2. The zero-order valence-electron chi connectivity index (χ0n) is 11.5. The Hall–Kier alpha value is -2.15. The van der Waals surface area contributed by atoms with Crippen molar-refractivity contribution in [1.29, 1.82) is 0 Å². The first-order valence-corrected chi connectivity index (χ1v) is 6.17. The van der Waals surface area contributed by atoms with Crippen LogP contribution in [0.4, 0.5) is 4.79 Å². The molecule has 1 heterocycles. The smallest absolute Gasteiger partial charge is 0.337 e. The number of carbonyl (C=O) groups excluding carboxylic acids is 1. The SMILES string of the molecule is CN(CCc1ccccn1)C(=O)NCC(C)(O)C(=O)O. The van der Waals surface area contributed by atoms with Gasteiger partial charge in [-0.25, -0.2) is 9.59 Å². The van der Waals surface area contributed by atoms with Crippen molar-refractivity contribution in [2.24, 2.45) is 0 Å². The summed E-state index contributed by atoms with van der Waals surface area (Å²) in [5.74, 6) is -1.38. The molecule has 0 aliphatic rings. The number of aliphatic hydroxyl groups is 1. The van der Waals surface area contributed by atoms with Gasteiger partial charge in [-0.05, 0) is 19.1 Å². The molecule has 0 saturated heterocycles. The Morgan fingerprint density at radius 1 is 1.45 bits per heavy atom. The summed E-state index contributed by atoms with van der Waals surface area (Å²) in [4.78, 5) is 28.0. The van der Waals surface area contributed by atoms with E-state index in [1.807, 2.05) is 18.2 Å². The Bertz CT molecular complexity index is 462. The van der Waals surface area contributed by atoms with Crippen LogP contribution < -0.4 is 5.32 Å². The van der Waals surface area contributed by atoms with Gasteiger partial charge in [-0.1, -0.05) is 6.07 Å². The fraction of sp³-hybridized carbons (Fsp3) is 0.462. The van der Waals surface area contributed by atoms with Gasteiger partial charge in [0.2, 0.25) is 0 Å². The summed E-state index contributed by atoms with van der Waals surface area (Å²) in [5, 5.41) is 20.6. The van der Waals surface area contributed by atoms with Crippen LogP contribution >= 0.6 is 0 Å². The van der Waals surface area contributed by atoms with E-state index < -0.39 is 17.6 Å². The molecule has 0 aromatic carbocycles. The van der Waals surface area contributed by atoms with E-state index in [0.29, 0.717) is 13.0 Å². The lowest BCUT2D eigenvalue weighted by molar-refractivity contribution is -0.155. The van der Waals surface area contributed by atoms with Gasteiger partial charge in [0, 0.05) is 31.9 Å². The minimum atomic E-state index is -1.97. The molecule has 7 nitrogen and oxygen atoms in total. The first kappa shape index (κ1) is 15.9. The van der Waals surface area contributed by atoms with Gasteiger partial charge < -0.3 is 20.4 Å². The van der Waals surface area contributed by atoms with Crippen molar-refractivity contribution in [2.75, 3.05) is 20.1 Å². The van der Waals surface area contributed by atoms with Crippen molar-refractivity contribution < 1.29 is 19.8 Å². The highest BCUT2D eigenvalue weighted by atomic mass is 16.4. The zero-order chi connectivity index (χ0) is 15.2. The maximum atomic E-state index is 11.7. The van der Waals surface area contributed by atoms with Gasteiger partial charge in [-0.3, -0.25) is 4.98 Å². The number of pyridine rings is 1. The molecule has 1 rings (SSSR count). The van der Waals surface area contributed by atoms with Crippen molar-refractivity contribution in [3.05, 3.63) is 30.1 Å². The summed E-state index contributed by atoms with van der Waals surface area (Å²) >= 11 is 0. The van der Waals surface area contributed by atoms with Crippen molar-refractivity contribution in [1.82, 2.24) is 15.2 Å². The molecule has 110 valence electrons. The van der Waals surface area contributed by atoms with E-state index in [2.05, 4.69) is 10.3 Å². The van der Waals surface area contributed by atoms with Gasteiger partial charge in [0.15, 0.2) is 5.60 Å². The molecule has 1 aromatic rings. The standard InChI is InChI=1S/C13H19N3O4/c1-13(20,11(17)18)9-15-12(19)16(2)8-6-10-5-3-4-7-14-10/h3-5,7,20H,6,8-9H2,1-2H3,(H,15,19)(H,17,18). The van der Waals surface area contributed by atoms with Gasteiger partial charge in [-0.15, -0.1) is 0 Å². The van der Waals surface area contributed by atoms with E-state index in [4.69, 9.17) is 5.11 Å². The summed E-state index contributed by atoms with van der Waals surface area (Å²) < 4.78 is 0. The lowest BCUT2D eigenvalue weighted by atomic mass is 10.1. The number of hydrogen-bond acceptors (Lipinski definition) is 4. The minimum absolute atomic E-state index is 0.352. The Morgan fingerprint density at radius 3 is 2.70 bits per heavy atom. The number of nitrogens with zero attached hydrogens (tertiary/aromatic N) is 2. The molecule has 20 heavy (non-hydrogen) atoms. The molecule has 3 N–H and O–H groups in total. The second kappa shape index (κ2) is 6.85. The van der Waals surface area contributed by atoms with Crippen LogP contribution in [0.15, 0.2) is 24.4 Å².